The Kier molecular flexibility index (Phi) is 5.62. The number of hydrogen-bond acceptors (Lipinski definition) is 3. The van der Waals surface area contributed by atoms with Crippen LogP contribution < -0.4 is 15.4 Å². The van der Waals surface area contributed by atoms with E-state index in [1.165, 1.54) is 0 Å². The van der Waals surface area contributed by atoms with Gasteiger partial charge in [0.2, 0.25) is 0 Å². The standard InChI is InChI=1S/C17H24N4O2/c1-12(2)23-16-8-6-5-7-14(16)9-18-17(22)20-13(3)15-10-19-21(4)11-15/h5-8,10-13H,9H2,1-4H3,(H2,18,20,22)/t13-/m0/s1. The summed E-state index contributed by atoms with van der Waals surface area (Å²) in [4.78, 5) is 12.1. The molecule has 2 rings (SSSR count). The van der Waals surface area contributed by atoms with Crippen molar-refractivity contribution in [1.82, 2.24) is 20.4 Å². The highest BCUT2D eigenvalue weighted by Crippen LogP contribution is 2.19. The molecule has 1 heterocycles. The zero-order chi connectivity index (χ0) is 16.8. The van der Waals surface area contributed by atoms with Gasteiger partial charge in [0.05, 0.1) is 18.3 Å². The molecule has 0 fully saturated rings. The predicted octanol–water partition coefficient (Wildman–Crippen LogP) is 2.77. The molecular weight excluding hydrogens is 292 g/mol. The molecule has 0 bridgehead atoms. The van der Waals surface area contributed by atoms with Crippen molar-refractivity contribution < 1.29 is 9.53 Å². The molecule has 2 amide bonds. The Morgan fingerprint density at radius 2 is 2.04 bits per heavy atom. The second-order valence-electron chi connectivity index (χ2n) is 5.77. The second kappa shape index (κ2) is 7.67. The molecular formula is C17H24N4O2. The van der Waals surface area contributed by atoms with Gasteiger partial charge >= 0.3 is 6.03 Å². The van der Waals surface area contributed by atoms with Crippen LogP contribution in [0.5, 0.6) is 5.75 Å². The van der Waals surface area contributed by atoms with Gasteiger partial charge in [-0.2, -0.15) is 5.10 Å². The van der Waals surface area contributed by atoms with Gasteiger partial charge < -0.3 is 15.4 Å². The first-order valence-electron chi connectivity index (χ1n) is 7.73. The molecule has 2 aromatic rings. The third-order valence-corrected chi connectivity index (χ3v) is 3.35. The van der Waals surface area contributed by atoms with Gasteiger partial charge in [-0.25, -0.2) is 4.79 Å². The van der Waals surface area contributed by atoms with Crippen molar-refractivity contribution in [3.05, 3.63) is 47.8 Å². The third kappa shape index (κ3) is 5.02. The molecule has 1 atom stereocenters. The first-order valence-corrected chi connectivity index (χ1v) is 7.73. The largest absolute Gasteiger partial charge is 0.491 e. The van der Waals surface area contributed by atoms with Crippen molar-refractivity contribution in [3.63, 3.8) is 0 Å². The van der Waals surface area contributed by atoms with E-state index in [0.717, 1.165) is 16.9 Å². The lowest BCUT2D eigenvalue weighted by molar-refractivity contribution is 0.234. The number of nitrogens with zero attached hydrogens (tertiary/aromatic N) is 2. The molecule has 0 aliphatic heterocycles. The number of aryl methyl sites for hydroxylation is 1. The number of carbonyl (C=O) groups excluding carboxylic acids is 1. The fourth-order valence-corrected chi connectivity index (χ4v) is 2.19. The summed E-state index contributed by atoms with van der Waals surface area (Å²) in [6, 6.07) is 7.38. The van der Waals surface area contributed by atoms with Gasteiger partial charge in [-0.15, -0.1) is 0 Å². The fourth-order valence-electron chi connectivity index (χ4n) is 2.19. The number of para-hydroxylation sites is 1. The Morgan fingerprint density at radius 3 is 2.70 bits per heavy atom. The highest BCUT2D eigenvalue weighted by Gasteiger charge is 2.12. The normalized spacial score (nSPS) is 12.0. The van der Waals surface area contributed by atoms with Crippen LogP contribution in [0.2, 0.25) is 0 Å². The number of urea groups is 1. The van der Waals surface area contributed by atoms with E-state index in [-0.39, 0.29) is 18.2 Å². The zero-order valence-electron chi connectivity index (χ0n) is 14.0. The van der Waals surface area contributed by atoms with E-state index < -0.39 is 0 Å². The lowest BCUT2D eigenvalue weighted by atomic mass is 10.2. The van der Waals surface area contributed by atoms with Crippen LogP contribution in [0, 0.1) is 0 Å². The van der Waals surface area contributed by atoms with Gasteiger partial charge in [-0.1, -0.05) is 18.2 Å². The summed E-state index contributed by atoms with van der Waals surface area (Å²) in [7, 11) is 1.85. The number of amides is 2. The first kappa shape index (κ1) is 16.9. The van der Waals surface area contributed by atoms with Crippen LogP contribution in [0.1, 0.15) is 37.9 Å². The van der Waals surface area contributed by atoms with Crippen LogP contribution in [-0.4, -0.2) is 21.9 Å². The van der Waals surface area contributed by atoms with Crippen LogP contribution in [0.3, 0.4) is 0 Å². The molecule has 1 aromatic carbocycles. The van der Waals surface area contributed by atoms with Gasteiger partial charge in [0.15, 0.2) is 0 Å². The lowest BCUT2D eigenvalue weighted by Gasteiger charge is -2.16. The average Bonchev–Trinajstić information content (AvgIpc) is 2.92. The zero-order valence-corrected chi connectivity index (χ0v) is 14.0. The molecule has 1 aromatic heterocycles. The maximum Gasteiger partial charge on any atom is 0.315 e. The molecule has 124 valence electrons. The number of hydrogen-bond donors (Lipinski definition) is 2. The van der Waals surface area contributed by atoms with Crippen LogP contribution in [0.15, 0.2) is 36.7 Å². The Labute approximate surface area is 136 Å². The van der Waals surface area contributed by atoms with Gasteiger partial charge in [0.1, 0.15) is 5.75 Å². The van der Waals surface area contributed by atoms with E-state index in [9.17, 15) is 4.79 Å². The highest BCUT2D eigenvalue weighted by atomic mass is 16.5. The van der Waals surface area contributed by atoms with Crippen LogP contribution in [0.4, 0.5) is 4.79 Å². The van der Waals surface area contributed by atoms with Crippen molar-refractivity contribution >= 4 is 6.03 Å². The van der Waals surface area contributed by atoms with E-state index >= 15 is 0 Å². The molecule has 0 aliphatic carbocycles. The van der Waals surface area contributed by atoms with E-state index in [4.69, 9.17) is 4.74 Å². The number of ether oxygens (including phenoxy) is 1. The van der Waals surface area contributed by atoms with Crippen LogP contribution >= 0.6 is 0 Å². The summed E-state index contributed by atoms with van der Waals surface area (Å²) in [5.74, 6) is 0.795. The van der Waals surface area contributed by atoms with Crippen molar-refractivity contribution in [1.29, 1.82) is 0 Å². The van der Waals surface area contributed by atoms with E-state index in [1.54, 1.807) is 10.9 Å². The number of aromatic nitrogens is 2. The SMILES string of the molecule is CC(C)Oc1ccccc1CNC(=O)N[C@@H](C)c1cnn(C)c1. The van der Waals surface area contributed by atoms with E-state index in [2.05, 4.69) is 15.7 Å². The van der Waals surface area contributed by atoms with Crippen LogP contribution in [-0.2, 0) is 13.6 Å². The van der Waals surface area contributed by atoms with Crippen molar-refractivity contribution in [2.24, 2.45) is 7.05 Å². The number of carbonyl (C=O) groups is 1. The maximum absolute atomic E-state index is 12.1. The van der Waals surface area contributed by atoms with Crippen molar-refractivity contribution in [2.75, 3.05) is 0 Å². The van der Waals surface area contributed by atoms with Crippen molar-refractivity contribution in [3.8, 4) is 5.75 Å². The lowest BCUT2D eigenvalue weighted by Crippen LogP contribution is -2.36. The summed E-state index contributed by atoms with van der Waals surface area (Å²) in [5, 5.41) is 9.86. The number of nitrogens with one attached hydrogen (secondary N) is 2. The minimum atomic E-state index is -0.222. The Morgan fingerprint density at radius 1 is 1.30 bits per heavy atom. The van der Waals surface area contributed by atoms with Gasteiger partial charge in [-0.3, -0.25) is 4.68 Å². The highest BCUT2D eigenvalue weighted by molar-refractivity contribution is 5.74. The molecule has 0 aliphatic rings. The average molecular weight is 316 g/mol. The monoisotopic (exact) mass is 316 g/mol. The van der Waals surface area contributed by atoms with Gasteiger partial charge in [0, 0.05) is 30.9 Å². The van der Waals surface area contributed by atoms with Gasteiger partial charge in [0.25, 0.3) is 0 Å². The summed E-state index contributed by atoms with van der Waals surface area (Å²) in [5.41, 5.74) is 1.91. The van der Waals surface area contributed by atoms with Gasteiger partial charge in [-0.05, 0) is 26.8 Å². The maximum atomic E-state index is 12.1. The van der Waals surface area contributed by atoms with Crippen molar-refractivity contribution in [2.45, 2.75) is 39.5 Å². The smallest absolute Gasteiger partial charge is 0.315 e. The van der Waals surface area contributed by atoms with Crippen LogP contribution in [0.25, 0.3) is 0 Å². The molecule has 0 saturated carbocycles. The fraction of sp³-hybridized carbons (Fsp3) is 0.412. The molecule has 23 heavy (non-hydrogen) atoms. The Bertz CT molecular complexity index is 652. The summed E-state index contributed by atoms with van der Waals surface area (Å²) >= 11 is 0. The molecule has 0 saturated heterocycles. The Balaban J connectivity index is 1.89. The number of rotatable bonds is 6. The molecule has 0 spiro atoms. The Hall–Kier alpha value is -2.50. The summed E-state index contributed by atoms with van der Waals surface area (Å²) in [6.07, 6.45) is 3.73. The summed E-state index contributed by atoms with van der Waals surface area (Å²) in [6.45, 7) is 6.29. The quantitative estimate of drug-likeness (QED) is 0.861. The topological polar surface area (TPSA) is 68.2 Å². The molecule has 6 nitrogen and oxygen atoms in total. The minimum absolute atomic E-state index is 0.0931. The minimum Gasteiger partial charge on any atom is -0.491 e. The predicted molar refractivity (Wildman–Crippen MR) is 89.2 cm³/mol. The first-order chi connectivity index (χ1) is 11.0. The molecule has 0 radical (unpaired) electrons. The third-order valence-electron chi connectivity index (χ3n) is 3.35. The molecule has 0 unspecified atom stereocenters. The molecule has 6 heteroatoms. The van der Waals surface area contributed by atoms with E-state index in [1.807, 2.05) is 58.3 Å². The summed E-state index contributed by atoms with van der Waals surface area (Å²) < 4.78 is 7.46. The second-order valence-corrected chi connectivity index (χ2v) is 5.77. The van der Waals surface area contributed by atoms with E-state index in [0.29, 0.717) is 6.54 Å². The molecule has 2 N–H and O–H groups in total. The number of benzene rings is 1.